The van der Waals surface area contributed by atoms with Crippen LogP contribution in [0, 0.1) is 0 Å². The van der Waals surface area contributed by atoms with E-state index in [1.807, 2.05) is 0 Å². The molecular weight excluding hydrogens is 272 g/mol. The van der Waals surface area contributed by atoms with E-state index in [9.17, 15) is 0 Å². The Morgan fingerprint density at radius 2 is 2.10 bits per heavy atom. The second kappa shape index (κ2) is 6.27. The lowest BCUT2D eigenvalue weighted by molar-refractivity contribution is 0.219. The Labute approximate surface area is 125 Å². The Hall–Kier alpha value is -0.870. The number of aromatic nitrogens is 3. The van der Waals surface area contributed by atoms with Gasteiger partial charge in [0.1, 0.15) is 11.6 Å². The van der Waals surface area contributed by atoms with Gasteiger partial charge in [0.05, 0.1) is 0 Å². The van der Waals surface area contributed by atoms with Crippen molar-refractivity contribution in [3.63, 3.8) is 0 Å². The molecule has 0 amide bonds. The normalized spacial score (nSPS) is 24.1. The lowest BCUT2D eigenvalue weighted by Crippen LogP contribution is -2.36. The van der Waals surface area contributed by atoms with Gasteiger partial charge in [-0.2, -0.15) is 0 Å². The van der Waals surface area contributed by atoms with Gasteiger partial charge in [-0.1, -0.05) is 24.6 Å². The summed E-state index contributed by atoms with van der Waals surface area (Å²) in [6, 6.07) is 0. The Kier molecular flexibility index (Phi) is 4.41. The van der Waals surface area contributed by atoms with Gasteiger partial charge in [0.25, 0.3) is 0 Å². The zero-order chi connectivity index (χ0) is 13.9. The van der Waals surface area contributed by atoms with Crippen LogP contribution in [0.3, 0.4) is 0 Å². The molecule has 4 nitrogen and oxygen atoms in total. The topological polar surface area (TPSA) is 34.0 Å². The fourth-order valence-electron chi connectivity index (χ4n) is 3.46. The number of piperidine rings is 1. The molecule has 20 heavy (non-hydrogen) atoms. The van der Waals surface area contributed by atoms with Crippen LogP contribution in [-0.2, 0) is 13.0 Å². The monoisotopic (exact) mass is 294 g/mol. The maximum absolute atomic E-state index is 5.95. The highest BCUT2D eigenvalue weighted by atomic mass is 35.5. The smallest absolute Gasteiger partial charge is 0.137 e. The Morgan fingerprint density at radius 3 is 2.95 bits per heavy atom. The lowest BCUT2D eigenvalue weighted by Gasteiger charge is -2.32. The van der Waals surface area contributed by atoms with Crippen molar-refractivity contribution in [1.29, 1.82) is 0 Å². The number of fused-ring (bicyclic) bond motifs is 1. The van der Waals surface area contributed by atoms with Crippen LogP contribution >= 0.6 is 11.6 Å². The fraction of sp³-hybridized carbons (Fsp3) is 0.733. The van der Waals surface area contributed by atoms with Crippen LogP contribution in [0.2, 0.25) is 0 Å². The molecular formula is C15H23ClN4. The van der Waals surface area contributed by atoms with Gasteiger partial charge in [0.15, 0.2) is 0 Å². The highest BCUT2D eigenvalue weighted by Crippen LogP contribution is 2.28. The molecule has 0 spiro atoms. The van der Waals surface area contributed by atoms with Gasteiger partial charge in [-0.25, -0.2) is 0 Å². The van der Waals surface area contributed by atoms with Crippen LogP contribution in [0.4, 0.5) is 0 Å². The molecule has 1 aromatic heterocycles. The van der Waals surface area contributed by atoms with Crippen molar-refractivity contribution >= 4 is 11.6 Å². The third kappa shape index (κ3) is 3.07. The molecule has 1 unspecified atom stereocenters. The Morgan fingerprint density at radius 1 is 1.20 bits per heavy atom. The lowest BCUT2D eigenvalue weighted by atomic mass is 9.97. The third-order valence-electron chi connectivity index (χ3n) is 4.40. The summed E-state index contributed by atoms with van der Waals surface area (Å²) in [6.45, 7) is 7.84. The molecule has 1 atom stereocenters. The van der Waals surface area contributed by atoms with E-state index in [0.717, 1.165) is 37.6 Å². The molecule has 2 aliphatic heterocycles. The average Bonchev–Trinajstić information content (AvgIpc) is 2.67. The summed E-state index contributed by atoms with van der Waals surface area (Å²) in [5, 5.41) is 9.66. The van der Waals surface area contributed by atoms with Crippen LogP contribution in [0.1, 0.15) is 49.7 Å². The fourth-order valence-corrected chi connectivity index (χ4v) is 3.63. The number of hydrogen-bond acceptors (Lipinski definition) is 3. The van der Waals surface area contributed by atoms with E-state index >= 15 is 0 Å². The van der Waals surface area contributed by atoms with Gasteiger partial charge in [0, 0.05) is 37.0 Å². The average molecular weight is 295 g/mol. The second-order valence-corrected chi connectivity index (χ2v) is 6.56. The quantitative estimate of drug-likeness (QED) is 0.859. The number of halogens is 1. The zero-order valence-electron chi connectivity index (χ0n) is 12.0. The van der Waals surface area contributed by atoms with Gasteiger partial charge in [0.2, 0.25) is 0 Å². The van der Waals surface area contributed by atoms with Crippen molar-refractivity contribution in [3.05, 3.63) is 23.3 Å². The molecule has 0 N–H and O–H groups in total. The predicted molar refractivity (Wildman–Crippen MR) is 81.0 cm³/mol. The van der Waals surface area contributed by atoms with Crippen molar-refractivity contribution in [2.75, 3.05) is 19.6 Å². The standard InChI is InChI=1S/C15H23ClN4/c1-12(16)10-19-8-5-6-13(11-19)15-18-17-14-7-3-2-4-9-20(14)15/h13H,1-11H2. The van der Waals surface area contributed by atoms with Crippen LogP contribution in [-0.4, -0.2) is 39.3 Å². The molecule has 1 saturated heterocycles. The minimum atomic E-state index is 0.499. The van der Waals surface area contributed by atoms with Crippen molar-refractivity contribution < 1.29 is 0 Å². The minimum Gasteiger partial charge on any atom is -0.315 e. The Bertz CT molecular complexity index is 482. The summed E-state index contributed by atoms with van der Waals surface area (Å²) in [5.41, 5.74) is 0. The first-order valence-corrected chi connectivity index (χ1v) is 8.09. The van der Waals surface area contributed by atoms with Crippen LogP contribution in [0.15, 0.2) is 11.6 Å². The number of likely N-dealkylation sites (tertiary alicyclic amines) is 1. The van der Waals surface area contributed by atoms with E-state index in [4.69, 9.17) is 11.6 Å². The van der Waals surface area contributed by atoms with Crippen molar-refractivity contribution in [3.8, 4) is 0 Å². The summed E-state index contributed by atoms with van der Waals surface area (Å²) >= 11 is 5.95. The maximum atomic E-state index is 5.95. The van der Waals surface area contributed by atoms with Gasteiger partial charge in [-0.05, 0) is 32.2 Å². The number of rotatable bonds is 3. The molecule has 3 heterocycles. The minimum absolute atomic E-state index is 0.499. The predicted octanol–water partition coefficient (Wildman–Crippen LogP) is 2.94. The zero-order valence-corrected chi connectivity index (χ0v) is 12.8. The van der Waals surface area contributed by atoms with E-state index in [2.05, 4.69) is 26.2 Å². The SMILES string of the molecule is C=C(Cl)CN1CCCC(c2nnc3n2CCCCC3)C1. The number of hydrogen-bond donors (Lipinski definition) is 0. The van der Waals surface area contributed by atoms with Crippen LogP contribution in [0.25, 0.3) is 0 Å². The van der Waals surface area contributed by atoms with E-state index in [0.29, 0.717) is 5.92 Å². The Balaban J connectivity index is 1.75. The molecule has 1 aromatic rings. The summed E-state index contributed by atoms with van der Waals surface area (Å²) in [6.07, 6.45) is 7.32. The first kappa shape index (κ1) is 14.1. The highest BCUT2D eigenvalue weighted by molar-refractivity contribution is 6.29. The maximum Gasteiger partial charge on any atom is 0.137 e. The molecule has 0 bridgehead atoms. The van der Waals surface area contributed by atoms with Gasteiger partial charge < -0.3 is 4.57 Å². The molecule has 0 radical (unpaired) electrons. The van der Waals surface area contributed by atoms with E-state index < -0.39 is 0 Å². The molecule has 1 fully saturated rings. The first-order valence-electron chi connectivity index (χ1n) is 7.71. The molecule has 2 aliphatic rings. The van der Waals surface area contributed by atoms with Crippen molar-refractivity contribution in [2.24, 2.45) is 0 Å². The molecule has 3 rings (SSSR count). The van der Waals surface area contributed by atoms with Crippen molar-refractivity contribution in [2.45, 2.75) is 51.0 Å². The second-order valence-electron chi connectivity index (χ2n) is 6.03. The number of nitrogens with zero attached hydrogens (tertiary/aromatic N) is 4. The molecule has 0 aliphatic carbocycles. The van der Waals surface area contributed by atoms with Gasteiger partial charge >= 0.3 is 0 Å². The van der Waals surface area contributed by atoms with Crippen molar-refractivity contribution in [1.82, 2.24) is 19.7 Å². The van der Waals surface area contributed by atoms with Gasteiger partial charge in [-0.3, -0.25) is 4.90 Å². The van der Waals surface area contributed by atoms with Crippen LogP contribution in [0.5, 0.6) is 0 Å². The molecule has 0 aromatic carbocycles. The molecule has 0 saturated carbocycles. The molecule has 5 heteroatoms. The van der Waals surface area contributed by atoms with Gasteiger partial charge in [-0.15, -0.1) is 10.2 Å². The summed E-state index contributed by atoms with van der Waals surface area (Å²) in [5.74, 6) is 2.89. The van der Waals surface area contributed by atoms with E-state index in [1.54, 1.807) is 0 Å². The molecule has 110 valence electrons. The summed E-state index contributed by atoms with van der Waals surface area (Å²) in [7, 11) is 0. The largest absolute Gasteiger partial charge is 0.315 e. The van der Waals surface area contributed by atoms with E-state index in [1.165, 1.54) is 43.8 Å². The summed E-state index contributed by atoms with van der Waals surface area (Å²) < 4.78 is 2.39. The van der Waals surface area contributed by atoms with E-state index in [-0.39, 0.29) is 0 Å². The first-order chi connectivity index (χ1) is 9.74. The summed E-state index contributed by atoms with van der Waals surface area (Å²) in [4.78, 5) is 2.39. The van der Waals surface area contributed by atoms with Crippen LogP contribution < -0.4 is 0 Å². The number of aryl methyl sites for hydroxylation is 1. The highest BCUT2D eigenvalue weighted by Gasteiger charge is 2.27. The third-order valence-corrected chi connectivity index (χ3v) is 4.52.